The lowest BCUT2D eigenvalue weighted by Crippen LogP contribution is -2.16. The van der Waals surface area contributed by atoms with Crippen LogP contribution in [-0.4, -0.2) is 28.9 Å². The molecule has 2 aromatic carbocycles. The average molecular weight is 425 g/mol. The van der Waals surface area contributed by atoms with Gasteiger partial charge in [-0.3, -0.25) is 14.8 Å². The van der Waals surface area contributed by atoms with Gasteiger partial charge in [0.1, 0.15) is 0 Å². The van der Waals surface area contributed by atoms with E-state index in [1.165, 1.54) is 23.5 Å². The fourth-order valence-corrected chi connectivity index (χ4v) is 4.56. The number of thiazole rings is 1. The fraction of sp³-hybridized carbons (Fsp3) is 0.0526. The van der Waals surface area contributed by atoms with Crippen molar-refractivity contribution in [2.45, 2.75) is 11.4 Å². The van der Waals surface area contributed by atoms with Crippen LogP contribution in [0.25, 0.3) is 21.3 Å². The number of nitrogens with two attached hydrogens (primary N) is 1. The number of carbonyl (C=O) groups excluding carboxylic acids is 1. The van der Waals surface area contributed by atoms with E-state index in [-0.39, 0.29) is 4.90 Å². The van der Waals surface area contributed by atoms with Crippen LogP contribution in [-0.2, 0) is 16.6 Å². The van der Waals surface area contributed by atoms with Crippen molar-refractivity contribution in [1.29, 1.82) is 0 Å². The van der Waals surface area contributed by atoms with Crippen LogP contribution < -0.4 is 9.94 Å². The summed E-state index contributed by atoms with van der Waals surface area (Å²) in [6.07, 6.45) is 4.81. The third kappa shape index (κ3) is 3.73. The summed E-state index contributed by atoms with van der Waals surface area (Å²) in [6, 6.07) is 9.55. The minimum atomic E-state index is -3.83. The van der Waals surface area contributed by atoms with Gasteiger partial charge in [0.2, 0.25) is 10.0 Å². The molecular weight excluding hydrogens is 410 g/mol. The second kappa shape index (κ2) is 7.32. The molecule has 0 spiro atoms. The van der Waals surface area contributed by atoms with Gasteiger partial charge in [0.05, 0.1) is 26.1 Å². The number of hydrogen-bond acceptors (Lipinski definition) is 6. The number of fused-ring (bicyclic) bond motifs is 2. The third-order valence-corrected chi connectivity index (χ3v) is 6.16. The highest BCUT2D eigenvalue weighted by Gasteiger charge is 2.13. The number of nitrogens with zero attached hydrogens (tertiary/aromatic N) is 4. The molecular formula is C19H15N5O3S2. The monoisotopic (exact) mass is 425 g/mol. The summed E-state index contributed by atoms with van der Waals surface area (Å²) in [5, 5.41) is 5.22. The van der Waals surface area contributed by atoms with Crippen molar-refractivity contribution in [1.82, 2.24) is 14.5 Å². The summed E-state index contributed by atoms with van der Waals surface area (Å²) in [6.45, 7) is 4.14. The average Bonchev–Trinajstić information content (AvgIpc) is 3.03. The second-order valence-corrected chi connectivity index (χ2v) is 8.71. The molecule has 0 atom stereocenters. The first-order chi connectivity index (χ1) is 13.9. The molecule has 0 aliphatic heterocycles. The number of sulfonamides is 1. The van der Waals surface area contributed by atoms with Crippen molar-refractivity contribution in [2.75, 3.05) is 0 Å². The minimum absolute atomic E-state index is 0.00276. The molecule has 0 saturated heterocycles. The SMILES string of the molecule is C=CCn1c(=NC(=O)c2ccc3nccnc3c2)sc2cc(S(N)(=O)=O)ccc21. The first kappa shape index (κ1) is 19.1. The Morgan fingerprint density at radius 3 is 2.66 bits per heavy atom. The number of aromatic nitrogens is 3. The molecule has 10 heteroatoms. The van der Waals surface area contributed by atoms with E-state index in [1.807, 2.05) is 0 Å². The normalized spacial score (nSPS) is 12.5. The van der Waals surface area contributed by atoms with Gasteiger partial charge < -0.3 is 4.57 Å². The van der Waals surface area contributed by atoms with Crippen LogP contribution in [0.2, 0.25) is 0 Å². The largest absolute Gasteiger partial charge is 0.312 e. The van der Waals surface area contributed by atoms with Crippen LogP contribution >= 0.6 is 11.3 Å². The van der Waals surface area contributed by atoms with Crippen molar-refractivity contribution in [2.24, 2.45) is 10.1 Å². The van der Waals surface area contributed by atoms with Gasteiger partial charge in [-0.15, -0.1) is 6.58 Å². The Morgan fingerprint density at radius 1 is 1.17 bits per heavy atom. The molecule has 0 fully saturated rings. The summed E-state index contributed by atoms with van der Waals surface area (Å²) in [4.78, 5) is 25.8. The molecule has 4 aromatic rings. The molecule has 8 nitrogen and oxygen atoms in total. The van der Waals surface area contributed by atoms with E-state index in [0.717, 1.165) is 5.52 Å². The van der Waals surface area contributed by atoms with E-state index in [1.54, 1.807) is 47.3 Å². The summed E-state index contributed by atoms with van der Waals surface area (Å²) in [5.74, 6) is -0.436. The molecule has 0 unspecified atom stereocenters. The van der Waals surface area contributed by atoms with E-state index in [9.17, 15) is 13.2 Å². The minimum Gasteiger partial charge on any atom is -0.312 e. The Bertz CT molecular complexity index is 1450. The molecule has 2 aromatic heterocycles. The van der Waals surface area contributed by atoms with Crippen LogP contribution in [0.5, 0.6) is 0 Å². The Kier molecular flexibility index (Phi) is 4.82. The van der Waals surface area contributed by atoms with Crippen LogP contribution in [0.3, 0.4) is 0 Å². The summed E-state index contributed by atoms with van der Waals surface area (Å²) in [5.41, 5.74) is 2.40. The molecule has 0 bridgehead atoms. The zero-order valence-electron chi connectivity index (χ0n) is 15.0. The van der Waals surface area contributed by atoms with Crippen LogP contribution in [0, 0.1) is 0 Å². The molecule has 1 amide bonds. The maximum atomic E-state index is 12.8. The van der Waals surface area contributed by atoms with Crippen LogP contribution in [0.4, 0.5) is 0 Å². The number of benzene rings is 2. The third-order valence-electron chi connectivity index (χ3n) is 4.21. The van der Waals surface area contributed by atoms with Gasteiger partial charge in [-0.1, -0.05) is 17.4 Å². The molecule has 2 N–H and O–H groups in total. The van der Waals surface area contributed by atoms with Crippen molar-refractivity contribution >= 4 is 48.5 Å². The number of carbonyl (C=O) groups is 1. The van der Waals surface area contributed by atoms with Gasteiger partial charge in [0, 0.05) is 24.5 Å². The lowest BCUT2D eigenvalue weighted by molar-refractivity contribution is 0.0998. The van der Waals surface area contributed by atoms with Crippen molar-refractivity contribution < 1.29 is 13.2 Å². The smallest absolute Gasteiger partial charge is 0.279 e. The highest BCUT2D eigenvalue weighted by molar-refractivity contribution is 7.89. The number of allylic oxidation sites excluding steroid dienone is 1. The lowest BCUT2D eigenvalue weighted by atomic mass is 10.2. The molecule has 0 saturated carbocycles. The van der Waals surface area contributed by atoms with E-state index >= 15 is 0 Å². The maximum Gasteiger partial charge on any atom is 0.279 e. The second-order valence-electron chi connectivity index (χ2n) is 6.14. The predicted octanol–water partition coefficient (Wildman–Crippen LogP) is 2.22. The van der Waals surface area contributed by atoms with Gasteiger partial charge in [-0.25, -0.2) is 13.6 Å². The van der Waals surface area contributed by atoms with Crippen LogP contribution in [0.1, 0.15) is 10.4 Å². The summed E-state index contributed by atoms with van der Waals surface area (Å²) in [7, 11) is -3.83. The molecule has 29 heavy (non-hydrogen) atoms. The van der Waals surface area contributed by atoms with Crippen molar-refractivity contribution in [3.8, 4) is 0 Å². The Labute approximate surface area is 169 Å². The first-order valence-corrected chi connectivity index (χ1v) is 10.8. The molecule has 2 heterocycles. The Morgan fingerprint density at radius 2 is 1.93 bits per heavy atom. The number of rotatable bonds is 4. The Hall–Kier alpha value is -3.21. The molecule has 0 aliphatic rings. The number of amides is 1. The maximum absolute atomic E-state index is 12.8. The van der Waals surface area contributed by atoms with Crippen molar-refractivity contribution in [3.05, 3.63) is 71.8 Å². The van der Waals surface area contributed by atoms with E-state index < -0.39 is 15.9 Å². The van der Waals surface area contributed by atoms with Gasteiger partial charge in [0.15, 0.2) is 4.80 Å². The van der Waals surface area contributed by atoms with E-state index in [2.05, 4.69) is 21.5 Å². The summed E-state index contributed by atoms with van der Waals surface area (Å²) < 4.78 is 25.7. The fourth-order valence-electron chi connectivity index (χ4n) is 2.87. The predicted molar refractivity (Wildman–Crippen MR) is 111 cm³/mol. The first-order valence-electron chi connectivity index (χ1n) is 8.44. The van der Waals surface area contributed by atoms with Crippen molar-refractivity contribution in [3.63, 3.8) is 0 Å². The van der Waals surface area contributed by atoms with Gasteiger partial charge in [-0.2, -0.15) is 4.99 Å². The standard InChI is InChI=1S/C19H15N5O3S2/c1-2-9-24-16-6-4-13(29(20,26)27)11-17(16)28-19(24)23-18(25)12-3-5-14-15(10-12)22-8-7-21-14/h2-8,10-11H,1,9H2,(H2,20,26,27). The molecule has 0 aliphatic carbocycles. The quantitative estimate of drug-likeness (QED) is 0.503. The lowest BCUT2D eigenvalue weighted by Gasteiger charge is -2.02. The van der Waals surface area contributed by atoms with E-state index in [0.29, 0.717) is 32.6 Å². The van der Waals surface area contributed by atoms with Gasteiger partial charge in [0.25, 0.3) is 5.91 Å². The van der Waals surface area contributed by atoms with Gasteiger partial charge >= 0.3 is 0 Å². The summed E-state index contributed by atoms with van der Waals surface area (Å²) >= 11 is 1.20. The topological polar surface area (TPSA) is 120 Å². The number of primary sulfonamides is 1. The van der Waals surface area contributed by atoms with Gasteiger partial charge in [-0.05, 0) is 36.4 Å². The molecule has 146 valence electrons. The highest BCUT2D eigenvalue weighted by Crippen LogP contribution is 2.21. The van der Waals surface area contributed by atoms with E-state index in [4.69, 9.17) is 5.14 Å². The molecule has 0 radical (unpaired) electrons. The highest BCUT2D eigenvalue weighted by atomic mass is 32.2. The zero-order chi connectivity index (χ0) is 20.6. The van der Waals surface area contributed by atoms with Crippen LogP contribution in [0.15, 0.2) is 71.3 Å². The molecule has 4 rings (SSSR count). The zero-order valence-corrected chi connectivity index (χ0v) is 16.7. The number of hydrogen-bond donors (Lipinski definition) is 1. The Balaban J connectivity index is 1.85.